The number of hydrogen-bond donors (Lipinski definition) is 3. The summed E-state index contributed by atoms with van der Waals surface area (Å²) in [4.78, 5) is 23.6. The van der Waals surface area contributed by atoms with Crippen molar-refractivity contribution < 1.29 is 14.3 Å². The van der Waals surface area contributed by atoms with Gasteiger partial charge in [-0.1, -0.05) is 37.1 Å². The Hall–Kier alpha value is -2.08. The number of urea groups is 1. The fraction of sp³-hybridized carbons (Fsp3) is 0.579. The van der Waals surface area contributed by atoms with Crippen LogP contribution in [0.3, 0.4) is 0 Å². The van der Waals surface area contributed by atoms with Crippen molar-refractivity contribution in [3.05, 3.63) is 35.4 Å². The molecule has 0 saturated heterocycles. The minimum absolute atomic E-state index is 0.0871. The highest BCUT2D eigenvalue weighted by Crippen LogP contribution is 2.27. The van der Waals surface area contributed by atoms with E-state index in [-0.39, 0.29) is 11.9 Å². The second-order valence-electron chi connectivity index (χ2n) is 6.57. The Morgan fingerprint density at radius 1 is 1.08 bits per heavy atom. The van der Waals surface area contributed by atoms with Crippen molar-refractivity contribution in [2.24, 2.45) is 5.92 Å². The number of hydrogen-bond acceptors (Lipinski definition) is 3. The molecule has 25 heavy (non-hydrogen) atoms. The molecule has 1 aliphatic carbocycles. The molecule has 0 aromatic heterocycles. The third-order valence-corrected chi connectivity index (χ3v) is 4.44. The zero-order valence-corrected chi connectivity index (χ0v) is 15.0. The molecule has 0 atom stereocenters. The highest BCUT2D eigenvalue weighted by atomic mass is 16.5. The Labute approximate surface area is 149 Å². The van der Waals surface area contributed by atoms with Gasteiger partial charge in [0, 0.05) is 33.2 Å². The summed E-state index contributed by atoms with van der Waals surface area (Å²) in [7, 11) is 1.66. The van der Waals surface area contributed by atoms with Gasteiger partial charge in [-0.2, -0.15) is 0 Å². The number of rotatable bonds is 9. The van der Waals surface area contributed by atoms with Crippen molar-refractivity contribution in [1.82, 2.24) is 16.0 Å². The number of carbonyl (C=O) groups is 2. The minimum Gasteiger partial charge on any atom is -0.380 e. The zero-order chi connectivity index (χ0) is 17.9. The van der Waals surface area contributed by atoms with Gasteiger partial charge in [-0.15, -0.1) is 0 Å². The third kappa shape index (κ3) is 7.56. The van der Waals surface area contributed by atoms with Crippen molar-refractivity contribution in [2.75, 3.05) is 20.2 Å². The van der Waals surface area contributed by atoms with Crippen LogP contribution in [0.5, 0.6) is 0 Å². The molecular formula is C19H29N3O3. The summed E-state index contributed by atoms with van der Waals surface area (Å²) in [5.41, 5.74) is 2.10. The van der Waals surface area contributed by atoms with Gasteiger partial charge in [-0.3, -0.25) is 4.79 Å². The van der Waals surface area contributed by atoms with Gasteiger partial charge >= 0.3 is 6.03 Å². The highest BCUT2D eigenvalue weighted by Gasteiger charge is 2.17. The molecule has 0 aliphatic heterocycles. The Bertz CT molecular complexity index is 557. The van der Waals surface area contributed by atoms with E-state index in [1.807, 2.05) is 24.3 Å². The van der Waals surface area contributed by atoms with Crippen LogP contribution in [0.1, 0.15) is 43.2 Å². The lowest BCUT2D eigenvalue weighted by atomic mass is 10.0. The fourth-order valence-corrected chi connectivity index (χ4v) is 3.17. The van der Waals surface area contributed by atoms with Gasteiger partial charge < -0.3 is 20.7 Å². The average Bonchev–Trinajstić information content (AvgIpc) is 3.10. The summed E-state index contributed by atoms with van der Waals surface area (Å²) in [5.74, 6) is 0.634. The normalized spacial score (nSPS) is 14.3. The van der Waals surface area contributed by atoms with Crippen molar-refractivity contribution in [3.8, 4) is 0 Å². The molecule has 3 amide bonds. The monoisotopic (exact) mass is 347 g/mol. The van der Waals surface area contributed by atoms with Crippen LogP contribution in [-0.2, 0) is 22.7 Å². The van der Waals surface area contributed by atoms with E-state index >= 15 is 0 Å². The van der Waals surface area contributed by atoms with Gasteiger partial charge in [0.25, 0.3) is 0 Å². The first-order valence-electron chi connectivity index (χ1n) is 9.02. The topological polar surface area (TPSA) is 79.5 Å². The molecule has 6 heteroatoms. The quantitative estimate of drug-likeness (QED) is 0.600. The number of methoxy groups -OCH3 is 1. The van der Waals surface area contributed by atoms with Crippen LogP contribution in [0.15, 0.2) is 24.3 Å². The zero-order valence-electron chi connectivity index (χ0n) is 15.0. The van der Waals surface area contributed by atoms with Gasteiger partial charge in [0.15, 0.2) is 0 Å². The molecule has 0 heterocycles. The lowest BCUT2D eigenvalue weighted by molar-refractivity contribution is -0.121. The van der Waals surface area contributed by atoms with E-state index in [9.17, 15) is 9.59 Å². The standard InChI is InChI=1S/C19H29N3O3/c1-25-14-17-8-4-7-16(11-17)13-22-19(24)21-10-9-20-18(23)12-15-5-2-3-6-15/h4,7-8,11,15H,2-3,5-6,9-10,12-14H2,1H3,(H,20,23)(H2,21,22,24). The summed E-state index contributed by atoms with van der Waals surface area (Å²) in [5, 5.41) is 8.43. The lowest BCUT2D eigenvalue weighted by Gasteiger charge is -2.11. The van der Waals surface area contributed by atoms with Gasteiger partial charge in [-0.25, -0.2) is 4.79 Å². The smallest absolute Gasteiger partial charge is 0.315 e. The Morgan fingerprint density at radius 3 is 2.56 bits per heavy atom. The van der Waals surface area contributed by atoms with Gasteiger partial charge in [0.05, 0.1) is 6.61 Å². The van der Waals surface area contributed by atoms with Crippen molar-refractivity contribution in [2.45, 2.75) is 45.3 Å². The van der Waals surface area contributed by atoms with E-state index in [2.05, 4.69) is 16.0 Å². The van der Waals surface area contributed by atoms with E-state index in [4.69, 9.17) is 4.74 Å². The van der Waals surface area contributed by atoms with Gasteiger partial charge in [-0.05, 0) is 29.9 Å². The van der Waals surface area contributed by atoms with Gasteiger partial charge in [0.1, 0.15) is 0 Å². The molecule has 1 fully saturated rings. The molecule has 1 aliphatic rings. The van der Waals surface area contributed by atoms with Crippen LogP contribution in [0, 0.1) is 5.92 Å². The van der Waals surface area contributed by atoms with E-state index in [0.717, 1.165) is 11.1 Å². The first-order valence-corrected chi connectivity index (χ1v) is 9.02. The summed E-state index contributed by atoms with van der Waals surface area (Å²) < 4.78 is 5.10. The molecule has 138 valence electrons. The number of nitrogens with one attached hydrogen (secondary N) is 3. The number of amides is 3. The molecule has 1 aromatic carbocycles. The molecular weight excluding hydrogens is 318 g/mol. The summed E-state index contributed by atoms with van der Waals surface area (Å²) in [6.45, 7) is 1.90. The molecule has 0 radical (unpaired) electrons. The summed E-state index contributed by atoms with van der Waals surface area (Å²) >= 11 is 0. The number of carbonyl (C=O) groups excluding carboxylic acids is 2. The molecule has 0 spiro atoms. The summed E-state index contributed by atoms with van der Waals surface area (Å²) in [6.07, 6.45) is 5.44. The Morgan fingerprint density at radius 2 is 1.80 bits per heavy atom. The van der Waals surface area contributed by atoms with E-state index in [0.29, 0.717) is 38.6 Å². The van der Waals surface area contributed by atoms with Crippen molar-refractivity contribution >= 4 is 11.9 Å². The van der Waals surface area contributed by atoms with Crippen LogP contribution < -0.4 is 16.0 Å². The lowest BCUT2D eigenvalue weighted by Crippen LogP contribution is -2.40. The fourth-order valence-electron chi connectivity index (χ4n) is 3.17. The third-order valence-electron chi connectivity index (χ3n) is 4.44. The SMILES string of the molecule is COCc1cccc(CNC(=O)NCCNC(=O)CC2CCCC2)c1. The number of ether oxygens (including phenoxy) is 1. The van der Waals surface area contributed by atoms with Crippen LogP contribution in [0.25, 0.3) is 0 Å². The highest BCUT2D eigenvalue weighted by molar-refractivity contribution is 5.76. The van der Waals surface area contributed by atoms with Crippen LogP contribution >= 0.6 is 0 Å². The van der Waals surface area contributed by atoms with Crippen LogP contribution in [0.4, 0.5) is 4.79 Å². The average molecular weight is 347 g/mol. The van der Waals surface area contributed by atoms with Gasteiger partial charge in [0.2, 0.25) is 5.91 Å². The van der Waals surface area contributed by atoms with E-state index in [1.54, 1.807) is 7.11 Å². The first-order chi connectivity index (χ1) is 12.2. The molecule has 1 aromatic rings. The first kappa shape index (κ1) is 19.2. The Kier molecular flexibility index (Phi) is 8.25. The molecule has 0 bridgehead atoms. The van der Waals surface area contributed by atoms with Crippen molar-refractivity contribution in [3.63, 3.8) is 0 Å². The maximum absolute atomic E-state index is 11.8. The second kappa shape index (κ2) is 10.7. The molecule has 3 N–H and O–H groups in total. The maximum Gasteiger partial charge on any atom is 0.315 e. The molecule has 1 saturated carbocycles. The molecule has 2 rings (SSSR count). The minimum atomic E-state index is -0.234. The number of benzene rings is 1. The van der Waals surface area contributed by atoms with E-state index < -0.39 is 0 Å². The molecule has 0 unspecified atom stereocenters. The largest absolute Gasteiger partial charge is 0.380 e. The predicted octanol–water partition coefficient (Wildman–Crippen LogP) is 2.33. The van der Waals surface area contributed by atoms with Crippen LogP contribution in [0.2, 0.25) is 0 Å². The summed E-state index contributed by atoms with van der Waals surface area (Å²) in [6, 6.07) is 7.67. The maximum atomic E-state index is 11.8. The Balaban J connectivity index is 1.56. The van der Waals surface area contributed by atoms with E-state index in [1.165, 1.54) is 25.7 Å². The van der Waals surface area contributed by atoms with Crippen molar-refractivity contribution in [1.29, 1.82) is 0 Å². The van der Waals surface area contributed by atoms with Crippen LogP contribution in [-0.4, -0.2) is 32.1 Å². The predicted molar refractivity (Wildman–Crippen MR) is 97.0 cm³/mol. The molecule has 6 nitrogen and oxygen atoms in total. The second-order valence-corrected chi connectivity index (χ2v) is 6.57.